The van der Waals surface area contributed by atoms with E-state index in [0.29, 0.717) is 28.9 Å². The van der Waals surface area contributed by atoms with E-state index >= 15 is 0 Å². The average Bonchev–Trinajstić information content (AvgIpc) is 2.61. The molecule has 0 atom stereocenters. The summed E-state index contributed by atoms with van der Waals surface area (Å²) in [6.45, 7) is 4.13. The van der Waals surface area contributed by atoms with E-state index in [9.17, 15) is 13.2 Å². The Bertz CT molecular complexity index is 743. The molecule has 25 heavy (non-hydrogen) atoms. The third kappa shape index (κ3) is 3.56. The van der Waals surface area contributed by atoms with Gasteiger partial charge >= 0.3 is 0 Å². The molecule has 0 aliphatic heterocycles. The minimum absolute atomic E-state index is 0.0467. The number of rotatable bonds is 5. The highest BCUT2D eigenvalue weighted by Crippen LogP contribution is 2.40. The van der Waals surface area contributed by atoms with E-state index in [2.05, 4.69) is 6.92 Å². The minimum Gasteiger partial charge on any atom is -0.206 e. The van der Waals surface area contributed by atoms with Crippen LogP contribution in [0.1, 0.15) is 75.8 Å². The molecular formula is C22H27F3. The molecule has 1 fully saturated rings. The normalized spacial score (nSPS) is 21.0. The van der Waals surface area contributed by atoms with Gasteiger partial charge in [-0.15, -0.1) is 0 Å². The Labute approximate surface area is 148 Å². The zero-order valence-corrected chi connectivity index (χ0v) is 15.2. The van der Waals surface area contributed by atoms with Gasteiger partial charge in [0.2, 0.25) is 0 Å². The van der Waals surface area contributed by atoms with Crippen LogP contribution in [0.5, 0.6) is 0 Å². The first-order valence-corrected chi connectivity index (χ1v) is 9.65. The summed E-state index contributed by atoms with van der Waals surface area (Å²) in [5, 5.41) is 0.286. The SMILES string of the molecule is CCCc1ccc2cc(C3CCC(CCC)CC3)c(F)c(F)c2c1F. The molecule has 0 saturated heterocycles. The largest absolute Gasteiger partial charge is 0.206 e. The number of hydrogen-bond acceptors (Lipinski definition) is 0. The van der Waals surface area contributed by atoms with Crippen LogP contribution in [0.3, 0.4) is 0 Å². The molecule has 0 radical (unpaired) electrons. The summed E-state index contributed by atoms with van der Waals surface area (Å²) >= 11 is 0. The lowest BCUT2D eigenvalue weighted by Crippen LogP contribution is -2.15. The van der Waals surface area contributed by atoms with Gasteiger partial charge < -0.3 is 0 Å². The smallest absolute Gasteiger partial charge is 0.169 e. The molecule has 136 valence electrons. The highest BCUT2D eigenvalue weighted by atomic mass is 19.2. The molecule has 1 aliphatic rings. The maximum absolute atomic E-state index is 14.7. The first-order chi connectivity index (χ1) is 12.1. The summed E-state index contributed by atoms with van der Waals surface area (Å²) in [6, 6.07) is 5.12. The van der Waals surface area contributed by atoms with Crippen molar-refractivity contribution >= 4 is 10.8 Å². The van der Waals surface area contributed by atoms with Crippen LogP contribution in [0, 0.1) is 23.4 Å². The lowest BCUT2D eigenvalue weighted by atomic mass is 9.76. The molecule has 0 spiro atoms. The molecule has 1 saturated carbocycles. The first-order valence-electron chi connectivity index (χ1n) is 9.65. The van der Waals surface area contributed by atoms with E-state index in [0.717, 1.165) is 32.1 Å². The third-order valence-corrected chi connectivity index (χ3v) is 5.73. The highest BCUT2D eigenvalue weighted by molar-refractivity contribution is 5.85. The molecule has 2 aromatic rings. The summed E-state index contributed by atoms with van der Waals surface area (Å²) in [6.07, 6.45) is 7.62. The van der Waals surface area contributed by atoms with E-state index in [1.165, 1.54) is 12.8 Å². The van der Waals surface area contributed by atoms with Crippen molar-refractivity contribution < 1.29 is 13.2 Å². The summed E-state index contributed by atoms with van der Waals surface area (Å²) in [5.41, 5.74) is 0.892. The van der Waals surface area contributed by atoms with Crippen LogP contribution in [0.4, 0.5) is 13.2 Å². The van der Waals surface area contributed by atoms with Gasteiger partial charge in [-0.3, -0.25) is 0 Å². The van der Waals surface area contributed by atoms with Gasteiger partial charge in [0.25, 0.3) is 0 Å². The van der Waals surface area contributed by atoms with Crippen molar-refractivity contribution in [3.63, 3.8) is 0 Å². The lowest BCUT2D eigenvalue weighted by Gasteiger charge is -2.29. The van der Waals surface area contributed by atoms with Crippen molar-refractivity contribution in [2.45, 2.75) is 71.1 Å². The molecule has 0 N–H and O–H groups in total. The van der Waals surface area contributed by atoms with Crippen LogP contribution in [0.15, 0.2) is 18.2 Å². The van der Waals surface area contributed by atoms with Crippen molar-refractivity contribution in [1.82, 2.24) is 0 Å². The number of hydrogen-bond donors (Lipinski definition) is 0. The van der Waals surface area contributed by atoms with Crippen LogP contribution in [0.2, 0.25) is 0 Å². The number of aryl methyl sites for hydroxylation is 1. The van der Waals surface area contributed by atoms with Gasteiger partial charge in [-0.25, -0.2) is 13.2 Å². The van der Waals surface area contributed by atoms with Crippen LogP contribution < -0.4 is 0 Å². The molecule has 0 aromatic heterocycles. The first kappa shape index (κ1) is 18.3. The van der Waals surface area contributed by atoms with Crippen molar-refractivity contribution in [2.24, 2.45) is 5.92 Å². The molecule has 0 unspecified atom stereocenters. The topological polar surface area (TPSA) is 0 Å². The van der Waals surface area contributed by atoms with Gasteiger partial charge in [-0.05, 0) is 66.5 Å². The molecule has 0 nitrogen and oxygen atoms in total. The Morgan fingerprint density at radius 3 is 2.24 bits per heavy atom. The monoisotopic (exact) mass is 348 g/mol. The second-order valence-corrected chi connectivity index (χ2v) is 7.49. The summed E-state index contributed by atoms with van der Waals surface area (Å²) in [7, 11) is 0. The van der Waals surface area contributed by atoms with Crippen molar-refractivity contribution in [1.29, 1.82) is 0 Å². The van der Waals surface area contributed by atoms with E-state index in [1.807, 2.05) is 6.92 Å². The van der Waals surface area contributed by atoms with Gasteiger partial charge in [0, 0.05) is 0 Å². The lowest BCUT2D eigenvalue weighted by molar-refractivity contribution is 0.303. The van der Waals surface area contributed by atoms with E-state index in [-0.39, 0.29) is 11.3 Å². The Kier molecular flexibility index (Phi) is 5.71. The molecule has 3 heteroatoms. The second-order valence-electron chi connectivity index (χ2n) is 7.49. The zero-order valence-electron chi connectivity index (χ0n) is 15.2. The molecule has 0 bridgehead atoms. The van der Waals surface area contributed by atoms with Crippen LogP contribution in [0.25, 0.3) is 10.8 Å². The molecule has 1 aliphatic carbocycles. The Morgan fingerprint density at radius 1 is 0.880 bits per heavy atom. The predicted octanol–water partition coefficient (Wildman–Crippen LogP) is 7.28. The van der Waals surface area contributed by atoms with Gasteiger partial charge in [-0.1, -0.05) is 45.2 Å². The number of benzene rings is 2. The fourth-order valence-corrected chi connectivity index (χ4v) is 4.37. The van der Waals surface area contributed by atoms with E-state index in [1.54, 1.807) is 18.2 Å². The van der Waals surface area contributed by atoms with Crippen molar-refractivity contribution in [3.8, 4) is 0 Å². The second kappa shape index (κ2) is 7.80. The Morgan fingerprint density at radius 2 is 1.60 bits per heavy atom. The standard InChI is InChI=1S/C22H27F3/c1-3-5-14-7-9-15(10-8-14)18-13-17-12-11-16(6-4-2)20(23)19(17)22(25)21(18)24/h11-15H,3-10H2,1-2H3. The van der Waals surface area contributed by atoms with Gasteiger partial charge in [-0.2, -0.15) is 0 Å². The molecule has 2 aromatic carbocycles. The fraction of sp³-hybridized carbons (Fsp3) is 0.545. The summed E-state index contributed by atoms with van der Waals surface area (Å²) in [4.78, 5) is 0. The molecule has 0 heterocycles. The van der Waals surface area contributed by atoms with Crippen molar-refractivity contribution in [3.05, 3.63) is 46.8 Å². The highest BCUT2D eigenvalue weighted by Gasteiger charge is 2.27. The predicted molar refractivity (Wildman–Crippen MR) is 97.4 cm³/mol. The Hall–Kier alpha value is -1.51. The van der Waals surface area contributed by atoms with Crippen LogP contribution in [-0.4, -0.2) is 0 Å². The van der Waals surface area contributed by atoms with Crippen LogP contribution >= 0.6 is 0 Å². The quantitative estimate of drug-likeness (QED) is 0.532. The van der Waals surface area contributed by atoms with E-state index in [4.69, 9.17) is 0 Å². The fourth-order valence-electron chi connectivity index (χ4n) is 4.37. The Balaban J connectivity index is 1.96. The molecule has 3 rings (SSSR count). The van der Waals surface area contributed by atoms with Gasteiger partial charge in [0.05, 0.1) is 5.39 Å². The molecule has 0 amide bonds. The zero-order chi connectivity index (χ0) is 18.0. The van der Waals surface area contributed by atoms with Crippen molar-refractivity contribution in [2.75, 3.05) is 0 Å². The maximum atomic E-state index is 14.7. The summed E-state index contributed by atoms with van der Waals surface area (Å²) in [5.74, 6) is -1.71. The minimum atomic E-state index is -1.02. The average molecular weight is 348 g/mol. The third-order valence-electron chi connectivity index (χ3n) is 5.73. The van der Waals surface area contributed by atoms with Crippen LogP contribution in [-0.2, 0) is 6.42 Å². The van der Waals surface area contributed by atoms with Gasteiger partial charge in [0.1, 0.15) is 5.82 Å². The van der Waals surface area contributed by atoms with E-state index < -0.39 is 17.5 Å². The summed E-state index contributed by atoms with van der Waals surface area (Å²) < 4.78 is 44.0. The maximum Gasteiger partial charge on any atom is 0.169 e. The van der Waals surface area contributed by atoms with Gasteiger partial charge in [0.15, 0.2) is 11.6 Å². The number of fused-ring (bicyclic) bond motifs is 1. The molecular weight excluding hydrogens is 321 g/mol. The number of halogens is 3.